The maximum atomic E-state index is 12.6. The molecule has 14 heteroatoms. The first-order chi connectivity index (χ1) is 32.4. The van der Waals surface area contributed by atoms with Crippen molar-refractivity contribution >= 4 is 44.2 Å². The van der Waals surface area contributed by atoms with Gasteiger partial charge in [0.1, 0.15) is 29.1 Å². The van der Waals surface area contributed by atoms with Gasteiger partial charge in [-0.1, -0.05) is 127 Å². The van der Waals surface area contributed by atoms with Crippen LogP contribution in [0.15, 0.2) is 133 Å². The minimum atomic E-state index is -4.45. The summed E-state index contributed by atoms with van der Waals surface area (Å²) in [7, 11) is -0.271. The highest BCUT2D eigenvalue weighted by Crippen LogP contribution is 2.42. The maximum Gasteiger partial charge on any atom is 0.525 e. The molecular weight excluding hydrogens is 877 g/mol. The molecule has 5 aromatic carbocycles. The lowest BCUT2D eigenvalue weighted by molar-refractivity contribution is -0.0271. The van der Waals surface area contributed by atoms with Gasteiger partial charge in [-0.2, -0.15) is 13.1 Å². The van der Waals surface area contributed by atoms with Crippen LogP contribution in [0.2, 0.25) is 0 Å². The van der Waals surface area contributed by atoms with Crippen molar-refractivity contribution < 1.29 is 31.6 Å². The third-order valence-electron chi connectivity index (χ3n) is 11.4. The quantitative estimate of drug-likeness (QED) is 0.0404. The average molecular weight is 941 g/mol. The molecule has 0 aliphatic rings. The van der Waals surface area contributed by atoms with Gasteiger partial charge < -0.3 is 29.0 Å². The van der Waals surface area contributed by atoms with Crippen molar-refractivity contribution in [3.8, 4) is 0 Å². The first-order valence-electron chi connectivity index (χ1n) is 23.1. The standard InChI is InChI=1S/C54H64N6O7S/c1-9-64-37-47-57-48-49(60(47)38-53(5,6)65-34-32-55-68(62,63)67-51(61)66-52(2,3)4)45-30-29-41(35-40-27-25-39(26-28-40)31-33-59(7)8)36-46(45)56-50(48)58-54(42-19-13-10-14-20-42,43-21-15-11-16-22-43)44-23-17-12-18-24-44/h10-30,36,55H,9,31-35,37-38H2,1-8H3,(H,56,58). The number of hydrogen-bond donors (Lipinski definition) is 2. The summed E-state index contributed by atoms with van der Waals surface area (Å²) in [6.45, 7) is 12.5. The molecule has 7 aromatic rings. The Kier molecular flexibility index (Phi) is 15.7. The Labute approximate surface area is 401 Å². The molecule has 2 heterocycles. The van der Waals surface area contributed by atoms with Gasteiger partial charge in [0.25, 0.3) is 0 Å². The van der Waals surface area contributed by atoms with Crippen LogP contribution in [0.3, 0.4) is 0 Å². The maximum absolute atomic E-state index is 12.6. The van der Waals surface area contributed by atoms with E-state index in [-0.39, 0.29) is 19.8 Å². The predicted octanol–water partition coefficient (Wildman–Crippen LogP) is 9.80. The normalized spacial score (nSPS) is 12.5. The van der Waals surface area contributed by atoms with Gasteiger partial charge in [0.05, 0.1) is 29.8 Å². The van der Waals surface area contributed by atoms with E-state index in [1.54, 1.807) is 20.8 Å². The van der Waals surface area contributed by atoms with Gasteiger partial charge >= 0.3 is 16.5 Å². The highest BCUT2D eigenvalue weighted by molar-refractivity contribution is 7.85. The summed E-state index contributed by atoms with van der Waals surface area (Å²) < 4.78 is 51.6. The molecule has 0 saturated heterocycles. The van der Waals surface area contributed by atoms with Gasteiger partial charge in [0.15, 0.2) is 5.82 Å². The summed E-state index contributed by atoms with van der Waals surface area (Å²) in [5.74, 6) is 1.26. The Morgan fingerprint density at radius 1 is 0.750 bits per heavy atom. The van der Waals surface area contributed by atoms with E-state index in [4.69, 9.17) is 24.2 Å². The number of nitrogens with zero attached hydrogens (tertiary/aromatic N) is 4. The zero-order chi connectivity index (χ0) is 48.5. The number of pyridine rings is 1. The Hall–Kier alpha value is -6.16. The zero-order valence-electron chi connectivity index (χ0n) is 40.4. The highest BCUT2D eigenvalue weighted by Gasteiger charge is 2.38. The smallest absolute Gasteiger partial charge is 0.428 e. The molecule has 0 aliphatic carbocycles. The van der Waals surface area contributed by atoms with Gasteiger partial charge in [0, 0.05) is 25.1 Å². The number of fused-ring (bicyclic) bond motifs is 3. The second kappa shape index (κ2) is 21.4. The van der Waals surface area contributed by atoms with Crippen LogP contribution in [0.25, 0.3) is 21.9 Å². The second-order valence-corrected chi connectivity index (χ2v) is 20.1. The van der Waals surface area contributed by atoms with Crippen LogP contribution in [0, 0.1) is 0 Å². The number of hydrogen-bond acceptors (Lipinski definition) is 11. The molecule has 0 saturated carbocycles. The zero-order valence-corrected chi connectivity index (χ0v) is 41.2. The van der Waals surface area contributed by atoms with Crippen LogP contribution >= 0.6 is 0 Å². The van der Waals surface area contributed by atoms with Crippen molar-refractivity contribution in [3.05, 3.63) is 173 Å². The molecule has 0 bridgehead atoms. The number of rotatable bonds is 21. The Morgan fingerprint density at radius 3 is 1.88 bits per heavy atom. The molecule has 358 valence electrons. The number of carbonyl (C=O) groups is 1. The molecule has 0 radical (unpaired) electrons. The van der Waals surface area contributed by atoms with E-state index < -0.39 is 33.2 Å². The van der Waals surface area contributed by atoms with Crippen LogP contribution < -0.4 is 10.0 Å². The lowest BCUT2D eigenvalue weighted by atomic mass is 9.77. The molecule has 0 unspecified atom stereocenters. The lowest BCUT2D eigenvalue weighted by Gasteiger charge is -2.37. The summed E-state index contributed by atoms with van der Waals surface area (Å²) in [6, 6.07) is 46.5. The highest BCUT2D eigenvalue weighted by atomic mass is 32.2. The third kappa shape index (κ3) is 12.5. The summed E-state index contributed by atoms with van der Waals surface area (Å²) in [4.78, 5) is 25.1. The van der Waals surface area contributed by atoms with Gasteiger partial charge in [-0.05, 0) is 108 Å². The fourth-order valence-electron chi connectivity index (χ4n) is 8.33. The van der Waals surface area contributed by atoms with Crippen molar-refractivity contribution in [2.75, 3.05) is 45.7 Å². The van der Waals surface area contributed by atoms with E-state index in [9.17, 15) is 13.2 Å². The van der Waals surface area contributed by atoms with Gasteiger partial charge in [-0.25, -0.2) is 14.8 Å². The Bertz CT molecular complexity index is 2790. The van der Waals surface area contributed by atoms with E-state index in [1.807, 2.05) is 39.0 Å². The summed E-state index contributed by atoms with van der Waals surface area (Å²) in [5.41, 5.74) is 6.26. The van der Waals surface area contributed by atoms with E-state index >= 15 is 0 Å². The van der Waals surface area contributed by atoms with E-state index in [0.29, 0.717) is 30.3 Å². The minimum Gasteiger partial charge on any atom is -0.428 e. The molecular formula is C54H64N6O7S. The predicted molar refractivity (Wildman–Crippen MR) is 269 cm³/mol. The van der Waals surface area contributed by atoms with Gasteiger partial charge in [-0.15, -0.1) is 0 Å². The molecule has 13 nitrogen and oxygen atoms in total. The SMILES string of the molecule is CCOCc1nc2c(NC(c3ccccc3)(c3ccccc3)c3ccccc3)nc3cc(Cc4ccc(CCN(C)C)cc4)ccc3c2n1CC(C)(C)OCCNS(=O)(=O)OC(=O)OC(C)(C)C. The van der Waals surface area contributed by atoms with Crippen molar-refractivity contribution in [1.82, 2.24) is 24.2 Å². The van der Waals surface area contributed by atoms with Crippen LogP contribution in [-0.2, 0) is 60.2 Å². The van der Waals surface area contributed by atoms with Crippen molar-refractivity contribution in [2.45, 2.75) is 84.3 Å². The van der Waals surface area contributed by atoms with E-state index in [2.05, 4.69) is 153 Å². The van der Waals surface area contributed by atoms with E-state index in [1.165, 1.54) is 11.1 Å². The van der Waals surface area contributed by atoms with Crippen molar-refractivity contribution in [1.29, 1.82) is 0 Å². The van der Waals surface area contributed by atoms with Gasteiger partial charge in [-0.3, -0.25) is 4.18 Å². The molecule has 2 N–H and O–H groups in total. The lowest BCUT2D eigenvalue weighted by Crippen LogP contribution is -2.38. The largest absolute Gasteiger partial charge is 0.525 e. The molecule has 7 rings (SSSR count). The molecule has 2 aromatic heterocycles. The number of benzene rings is 5. The fourth-order valence-corrected chi connectivity index (χ4v) is 8.93. The Balaban J connectivity index is 1.33. The summed E-state index contributed by atoms with van der Waals surface area (Å²) in [5, 5.41) is 4.94. The Morgan fingerprint density at radius 2 is 1.32 bits per heavy atom. The van der Waals surface area contributed by atoms with Crippen LogP contribution in [0.1, 0.15) is 80.7 Å². The number of ether oxygens (including phenoxy) is 3. The van der Waals surface area contributed by atoms with Crippen molar-refractivity contribution in [3.63, 3.8) is 0 Å². The first-order valence-corrected chi connectivity index (χ1v) is 24.5. The number of carbonyl (C=O) groups excluding carboxylic acids is 1. The average Bonchev–Trinajstić information content (AvgIpc) is 3.65. The summed E-state index contributed by atoms with van der Waals surface area (Å²) in [6.07, 6.45) is 0.386. The number of anilines is 1. The minimum absolute atomic E-state index is 0.0276. The topological polar surface area (TPSA) is 146 Å². The number of nitrogens with one attached hydrogen (secondary N) is 2. The molecule has 0 spiro atoms. The van der Waals surface area contributed by atoms with Gasteiger partial charge in [0.2, 0.25) is 0 Å². The summed E-state index contributed by atoms with van der Waals surface area (Å²) >= 11 is 0. The fraction of sp³-hybridized carbons (Fsp3) is 0.352. The molecule has 0 amide bonds. The number of aromatic nitrogens is 3. The molecule has 0 atom stereocenters. The third-order valence-corrected chi connectivity index (χ3v) is 12.4. The van der Waals surface area contributed by atoms with Crippen molar-refractivity contribution in [2.24, 2.45) is 0 Å². The number of likely N-dealkylation sites (N-methyl/N-ethyl adjacent to an activating group) is 1. The number of imidazole rings is 1. The first kappa shape index (κ1) is 49.7. The second-order valence-electron chi connectivity index (χ2n) is 18.8. The molecule has 0 fully saturated rings. The molecule has 68 heavy (non-hydrogen) atoms. The molecule has 0 aliphatic heterocycles. The van der Waals surface area contributed by atoms with Crippen LogP contribution in [-0.4, -0.2) is 85.6 Å². The van der Waals surface area contributed by atoms with Crippen LogP contribution in [0.4, 0.5) is 10.6 Å². The van der Waals surface area contributed by atoms with E-state index in [0.717, 1.165) is 58.1 Å². The monoisotopic (exact) mass is 940 g/mol. The van der Waals surface area contributed by atoms with Crippen LogP contribution in [0.5, 0.6) is 0 Å².